The Morgan fingerprint density at radius 1 is 1.50 bits per heavy atom. The van der Waals surface area contributed by atoms with Gasteiger partial charge in [-0.05, 0) is 39.9 Å². The van der Waals surface area contributed by atoms with Crippen LogP contribution >= 0.6 is 38.6 Å². The van der Waals surface area contributed by atoms with Crippen molar-refractivity contribution in [3.63, 3.8) is 0 Å². The summed E-state index contributed by atoms with van der Waals surface area (Å²) >= 11 is 6.74. The fraction of sp³-hybridized carbons (Fsp3) is 0.308. The van der Waals surface area contributed by atoms with Gasteiger partial charge in [0.1, 0.15) is 0 Å². The van der Waals surface area contributed by atoms with Crippen molar-refractivity contribution < 1.29 is 4.79 Å². The molecule has 2 heterocycles. The third-order valence-corrected chi connectivity index (χ3v) is 5.50. The van der Waals surface area contributed by atoms with E-state index < -0.39 is 0 Å². The molecule has 5 heteroatoms. The van der Waals surface area contributed by atoms with Crippen LogP contribution in [0.2, 0.25) is 0 Å². The molecule has 0 atom stereocenters. The lowest BCUT2D eigenvalue weighted by molar-refractivity contribution is 0.0955. The van der Waals surface area contributed by atoms with Gasteiger partial charge in [-0.1, -0.05) is 19.4 Å². The van der Waals surface area contributed by atoms with Gasteiger partial charge in [0, 0.05) is 14.2 Å². The summed E-state index contributed by atoms with van der Waals surface area (Å²) in [5.74, 6) is 0.0106. The summed E-state index contributed by atoms with van der Waals surface area (Å²) in [6, 6.07) is 5.93. The van der Waals surface area contributed by atoms with Crippen LogP contribution in [-0.2, 0) is 13.0 Å². The molecule has 0 unspecified atom stereocenters. The minimum Gasteiger partial charge on any atom is -0.346 e. The average Bonchev–Trinajstić information content (AvgIpc) is 2.97. The van der Waals surface area contributed by atoms with Gasteiger partial charge >= 0.3 is 0 Å². The van der Waals surface area contributed by atoms with Crippen LogP contribution in [-0.4, -0.2) is 5.91 Å². The van der Waals surface area contributed by atoms with Crippen molar-refractivity contribution in [3.8, 4) is 0 Å². The Kier molecular flexibility index (Phi) is 4.97. The first-order valence-corrected chi connectivity index (χ1v) is 8.28. The van der Waals surface area contributed by atoms with Crippen LogP contribution in [0.15, 0.2) is 28.1 Å². The van der Waals surface area contributed by atoms with Crippen molar-refractivity contribution in [2.45, 2.75) is 26.3 Å². The topological polar surface area (TPSA) is 29.1 Å². The van der Waals surface area contributed by atoms with Gasteiger partial charge in [-0.3, -0.25) is 4.79 Å². The zero-order valence-electron chi connectivity index (χ0n) is 10.0. The molecule has 0 saturated heterocycles. The average molecular weight is 344 g/mol. The molecule has 1 amide bonds. The molecule has 0 fully saturated rings. The molecule has 2 rings (SSSR count). The normalized spacial score (nSPS) is 10.6. The van der Waals surface area contributed by atoms with Crippen molar-refractivity contribution in [1.82, 2.24) is 5.32 Å². The maximum atomic E-state index is 12.0. The molecule has 96 valence electrons. The highest BCUT2D eigenvalue weighted by Crippen LogP contribution is 2.28. The quantitative estimate of drug-likeness (QED) is 0.853. The summed E-state index contributed by atoms with van der Waals surface area (Å²) in [4.78, 5) is 15.2. The van der Waals surface area contributed by atoms with Gasteiger partial charge in [0.2, 0.25) is 0 Å². The van der Waals surface area contributed by atoms with Gasteiger partial charge in [0.15, 0.2) is 0 Å². The van der Waals surface area contributed by atoms with E-state index in [9.17, 15) is 4.79 Å². The van der Waals surface area contributed by atoms with Crippen molar-refractivity contribution in [2.24, 2.45) is 0 Å². The van der Waals surface area contributed by atoms with Crippen molar-refractivity contribution in [2.75, 3.05) is 0 Å². The number of aryl methyl sites for hydroxylation is 1. The second-order valence-electron chi connectivity index (χ2n) is 3.89. The predicted molar refractivity (Wildman–Crippen MR) is 81.5 cm³/mol. The second kappa shape index (κ2) is 6.50. The van der Waals surface area contributed by atoms with Gasteiger partial charge in [0.25, 0.3) is 5.91 Å². The highest BCUT2D eigenvalue weighted by atomic mass is 79.9. The number of hydrogen-bond acceptors (Lipinski definition) is 3. The van der Waals surface area contributed by atoms with Gasteiger partial charge < -0.3 is 5.32 Å². The lowest BCUT2D eigenvalue weighted by Gasteiger charge is -2.00. The zero-order chi connectivity index (χ0) is 13.0. The highest BCUT2D eigenvalue weighted by molar-refractivity contribution is 9.10. The molecule has 18 heavy (non-hydrogen) atoms. The van der Waals surface area contributed by atoms with E-state index in [1.54, 1.807) is 22.7 Å². The maximum absolute atomic E-state index is 12.0. The van der Waals surface area contributed by atoms with E-state index in [0.29, 0.717) is 6.54 Å². The smallest absolute Gasteiger partial charge is 0.261 e. The maximum Gasteiger partial charge on any atom is 0.261 e. The van der Waals surface area contributed by atoms with Crippen LogP contribution in [0.4, 0.5) is 0 Å². The van der Waals surface area contributed by atoms with Crippen molar-refractivity contribution in [3.05, 3.63) is 42.7 Å². The van der Waals surface area contributed by atoms with Crippen LogP contribution in [0.5, 0.6) is 0 Å². The molecular weight excluding hydrogens is 330 g/mol. The third-order valence-electron chi connectivity index (χ3n) is 2.46. The van der Waals surface area contributed by atoms with Crippen LogP contribution in [0.3, 0.4) is 0 Å². The third kappa shape index (κ3) is 3.43. The molecule has 2 aromatic heterocycles. The minimum atomic E-state index is 0.0106. The Labute approximate surface area is 123 Å². The van der Waals surface area contributed by atoms with E-state index in [1.165, 1.54) is 9.75 Å². The number of thiophene rings is 2. The molecule has 0 aliphatic heterocycles. The molecule has 0 saturated carbocycles. The van der Waals surface area contributed by atoms with E-state index in [2.05, 4.69) is 28.2 Å². The summed E-state index contributed by atoms with van der Waals surface area (Å²) < 4.78 is 1.05. The minimum absolute atomic E-state index is 0.0106. The Balaban J connectivity index is 1.98. The number of carbonyl (C=O) groups excluding carboxylic acids is 1. The number of rotatable bonds is 5. The molecule has 1 N–H and O–H groups in total. The summed E-state index contributed by atoms with van der Waals surface area (Å²) in [5.41, 5.74) is 0. The lowest BCUT2D eigenvalue weighted by atomic mass is 10.3. The first kappa shape index (κ1) is 13.8. The number of halogens is 1. The molecule has 0 aromatic carbocycles. The molecule has 0 spiro atoms. The molecular formula is C13H14BrNOS2. The Bertz CT molecular complexity index is 519. The van der Waals surface area contributed by atoms with E-state index in [1.807, 2.05) is 23.6 Å². The van der Waals surface area contributed by atoms with Crippen molar-refractivity contribution >= 4 is 44.5 Å². The first-order valence-electron chi connectivity index (χ1n) is 5.79. The molecule has 0 radical (unpaired) electrons. The van der Waals surface area contributed by atoms with Gasteiger partial charge in [-0.2, -0.15) is 0 Å². The molecule has 2 nitrogen and oxygen atoms in total. The van der Waals surface area contributed by atoms with Crippen LogP contribution in [0.25, 0.3) is 0 Å². The highest BCUT2D eigenvalue weighted by Gasteiger charge is 2.12. The summed E-state index contributed by atoms with van der Waals surface area (Å²) in [6.45, 7) is 2.75. The number of amides is 1. The zero-order valence-corrected chi connectivity index (χ0v) is 13.3. The molecule has 0 aliphatic rings. The van der Waals surface area contributed by atoms with E-state index in [0.717, 1.165) is 22.2 Å². The van der Waals surface area contributed by atoms with Crippen LogP contribution in [0, 0.1) is 0 Å². The SMILES string of the molecule is CCCc1sc(C(=O)NCc2cccs2)cc1Br. The molecule has 2 aromatic rings. The van der Waals surface area contributed by atoms with E-state index in [-0.39, 0.29) is 5.91 Å². The molecule has 0 bridgehead atoms. The largest absolute Gasteiger partial charge is 0.346 e. The predicted octanol–water partition coefficient (Wildman–Crippen LogP) is 4.45. The summed E-state index contributed by atoms with van der Waals surface area (Å²) in [6.07, 6.45) is 2.11. The second-order valence-corrected chi connectivity index (χ2v) is 6.92. The number of carbonyl (C=O) groups is 1. The Morgan fingerprint density at radius 3 is 3.00 bits per heavy atom. The van der Waals surface area contributed by atoms with Gasteiger partial charge in [-0.25, -0.2) is 0 Å². The monoisotopic (exact) mass is 343 g/mol. The first-order chi connectivity index (χ1) is 8.70. The van der Waals surface area contributed by atoms with Crippen molar-refractivity contribution in [1.29, 1.82) is 0 Å². The summed E-state index contributed by atoms with van der Waals surface area (Å²) in [5, 5.41) is 4.96. The number of nitrogens with one attached hydrogen (secondary N) is 1. The van der Waals surface area contributed by atoms with E-state index in [4.69, 9.17) is 0 Å². The fourth-order valence-electron chi connectivity index (χ4n) is 1.58. The lowest BCUT2D eigenvalue weighted by Crippen LogP contribution is -2.21. The number of hydrogen-bond donors (Lipinski definition) is 1. The van der Waals surface area contributed by atoms with E-state index >= 15 is 0 Å². The summed E-state index contributed by atoms with van der Waals surface area (Å²) in [7, 11) is 0. The Morgan fingerprint density at radius 2 is 2.33 bits per heavy atom. The van der Waals surface area contributed by atoms with Crippen LogP contribution in [0.1, 0.15) is 32.8 Å². The fourth-order valence-corrected chi connectivity index (χ4v) is 4.12. The molecule has 0 aliphatic carbocycles. The standard InChI is InChI=1S/C13H14BrNOS2/c1-2-4-11-10(14)7-12(18-11)13(16)15-8-9-5-3-6-17-9/h3,5-7H,2,4,8H2,1H3,(H,15,16). The van der Waals surface area contributed by atoms with Gasteiger partial charge in [0.05, 0.1) is 11.4 Å². The Hall–Kier alpha value is -0.650. The van der Waals surface area contributed by atoms with Gasteiger partial charge in [-0.15, -0.1) is 22.7 Å². The van der Waals surface area contributed by atoms with Crippen LogP contribution < -0.4 is 5.32 Å².